The predicted octanol–water partition coefficient (Wildman–Crippen LogP) is 1.50. The number of aromatic nitrogens is 3. The van der Waals surface area contributed by atoms with Crippen molar-refractivity contribution in [3.8, 4) is 0 Å². The Morgan fingerprint density at radius 3 is 2.57 bits per heavy atom. The highest BCUT2D eigenvalue weighted by atomic mass is 16.4. The lowest BCUT2D eigenvalue weighted by molar-refractivity contribution is -0.123. The number of aryl methyl sites for hydroxylation is 1. The molecule has 1 aromatic heterocycles. The SMILES string of the molecule is CC(C)(CCc1ccccc1)NC(=O)Cn1cc(C(=O)O)nn1. The van der Waals surface area contributed by atoms with Crippen molar-refractivity contribution in [3.63, 3.8) is 0 Å². The molecule has 0 saturated heterocycles. The minimum Gasteiger partial charge on any atom is -0.476 e. The summed E-state index contributed by atoms with van der Waals surface area (Å²) in [5.74, 6) is -1.40. The number of hydrogen-bond donors (Lipinski definition) is 2. The zero-order chi connectivity index (χ0) is 16.9. The van der Waals surface area contributed by atoms with E-state index in [4.69, 9.17) is 5.11 Å². The third kappa shape index (κ3) is 5.21. The van der Waals surface area contributed by atoms with Gasteiger partial charge in [-0.25, -0.2) is 9.48 Å². The number of carboxylic acid groups (broad SMARTS) is 1. The second-order valence-electron chi connectivity index (χ2n) is 6.02. The molecule has 7 heteroatoms. The van der Waals surface area contributed by atoms with Crippen LogP contribution in [0.1, 0.15) is 36.3 Å². The number of carbonyl (C=O) groups excluding carboxylic acids is 1. The molecular weight excluding hydrogens is 296 g/mol. The summed E-state index contributed by atoms with van der Waals surface area (Å²) in [6, 6.07) is 10.1. The molecule has 0 aliphatic rings. The van der Waals surface area contributed by atoms with Crippen LogP contribution in [-0.4, -0.2) is 37.5 Å². The molecule has 1 aromatic carbocycles. The zero-order valence-electron chi connectivity index (χ0n) is 13.2. The van der Waals surface area contributed by atoms with Crippen LogP contribution < -0.4 is 5.32 Å². The summed E-state index contributed by atoms with van der Waals surface area (Å²) < 4.78 is 1.21. The monoisotopic (exact) mass is 316 g/mol. The quantitative estimate of drug-likeness (QED) is 0.807. The molecular formula is C16H20N4O3. The number of nitrogens with one attached hydrogen (secondary N) is 1. The minimum absolute atomic E-state index is 0.0605. The summed E-state index contributed by atoms with van der Waals surface area (Å²) in [5.41, 5.74) is 0.668. The van der Waals surface area contributed by atoms with E-state index in [1.165, 1.54) is 16.4 Å². The highest BCUT2D eigenvalue weighted by molar-refractivity contribution is 5.84. The van der Waals surface area contributed by atoms with Crippen LogP contribution in [0.25, 0.3) is 0 Å². The maximum atomic E-state index is 12.1. The number of nitrogens with zero attached hydrogens (tertiary/aromatic N) is 3. The van der Waals surface area contributed by atoms with Crippen LogP contribution in [0.2, 0.25) is 0 Å². The third-order valence-electron chi connectivity index (χ3n) is 3.42. The van der Waals surface area contributed by atoms with E-state index in [0.717, 1.165) is 12.8 Å². The molecule has 2 aromatic rings. The van der Waals surface area contributed by atoms with E-state index in [-0.39, 0.29) is 23.7 Å². The van der Waals surface area contributed by atoms with Crippen molar-refractivity contribution in [3.05, 3.63) is 47.8 Å². The van der Waals surface area contributed by atoms with E-state index in [9.17, 15) is 9.59 Å². The van der Waals surface area contributed by atoms with Gasteiger partial charge in [0, 0.05) is 5.54 Å². The van der Waals surface area contributed by atoms with Gasteiger partial charge in [-0.05, 0) is 32.3 Å². The Bertz CT molecular complexity index is 680. The molecule has 0 spiro atoms. The van der Waals surface area contributed by atoms with E-state index in [1.54, 1.807) is 0 Å². The largest absolute Gasteiger partial charge is 0.476 e. The van der Waals surface area contributed by atoms with Gasteiger partial charge in [0.2, 0.25) is 5.91 Å². The van der Waals surface area contributed by atoms with Gasteiger partial charge in [-0.3, -0.25) is 4.79 Å². The van der Waals surface area contributed by atoms with Crippen molar-refractivity contribution in [1.82, 2.24) is 20.3 Å². The lowest BCUT2D eigenvalue weighted by Gasteiger charge is -2.26. The van der Waals surface area contributed by atoms with Crippen LogP contribution in [0.15, 0.2) is 36.5 Å². The zero-order valence-corrected chi connectivity index (χ0v) is 13.2. The fourth-order valence-electron chi connectivity index (χ4n) is 2.20. The standard InChI is InChI=1S/C16H20N4O3/c1-16(2,9-8-12-6-4-3-5-7-12)17-14(21)11-20-10-13(15(22)23)18-19-20/h3-7,10H,8-9,11H2,1-2H3,(H,17,21)(H,22,23). The van der Waals surface area contributed by atoms with Gasteiger partial charge >= 0.3 is 5.97 Å². The highest BCUT2D eigenvalue weighted by Crippen LogP contribution is 2.13. The van der Waals surface area contributed by atoms with Gasteiger partial charge in [0.25, 0.3) is 0 Å². The summed E-state index contributed by atoms with van der Waals surface area (Å²) in [6.07, 6.45) is 2.89. The first-order chi connectivity index (χ1) is 10.9. The van der Waals surface area contributed by atoms with Crippen molar-refractivity contribution in [2.45, 2.75) is 38.8 Å². The summed E-state index contributed by atoms with van der Waals surface area (Å²) >= 11 is 0. The first-order valence-electron chi connectivity index (χ1n) is 7.34. The van der Waals surface area contributed by atoms with Crippen LogP contribution in [0.5, 0.6) is 0 Å². The number of carbonyl (C=O) groups is 2. The molecule has 0 bridgehead atoms. The Kier molecular flexibility index (Phi) is 5.10. The maximum Gasteiger partial charge on any atom is 0.358 e. The Morgan fingerprint density at radius 1 is 1.26 bits per heavy atom. The molecule has 0 aliphatic heterocycles. The molecule has 7 nitrogen and oxygen atoms in total. The maximum absolute atomic E-state index is 12.1. The van der Waals surface area contributed by atoms with Gasteiger partial charge in [0.1, 0.15) is 6.54 Å². The Morgan fingerprint density at radius 2 is 1.96 bits per heavy atom. The van der Waals surface area contributed by atoms with Gasteiger partial charge in [-0.1, -0.05) is 35.5 Å². The lowest BCUT2D eigenvalue weighted by atomic mass is 9.95. The van der Waals surface area contributed by atoms with Crippen LogP contribution in [0.3, 0.4) is 0 Å². The Balaban J connectivity index is 1.86. The van der Waals surface area contributed by atoms with Gasteiger partial charge < -0.3 is 10.4 Å². The molecule has 122 valence electrons. The molecule has 0 atom stereocenters. The Hall–Kier alpha value is -2.70. The van der Waals surface area contributed by atoms with Crippen LogP contribution in [-0.2, 0) is 17.8 Å². The van der Waals surface area contributed by atoms with E-state index in [0.29, 0.717) is 0 Å². The van der Waals surface area contributed by atoms with E-state index in [2.05, 4.69) is 27.8 Å². The highest BCUT2D eigenvalue weighted by Gasteiger charge is 2.21. The lowest BCUT2D eigenvalue weighted by Crippen LogP contribution is -2.45. The second kappa shape index (κ2) is 7.04. The summed E-state index contributed by atoms with van der Waals surface area (Å²) in [5, 5.41) is 18.8. The average molecular weight is 316 g/mol. The van der Waals surface area contributed by atoms with Crippen molar-refractivity contribution >= 4 is 11.9 Å². The first-order valence-corrected chi connectivity index (χ1v) is 7.34. The number of benzene rings is 1. The molecule has 0 saturated carbocycles. The van der Waals surface area contributed by atoms with E-state index < -0.39 is 5.97 Å². The molecule has 0 fully saturated rings. The summed E-state index contributed by atoms with van der Waals surface area (Å²) in [4.78, 5) is 22.8. The predicted molar refractivity (Wildman–Crippen MR) is 84.0 cm³/mol. The number of aromatic carboxylic acids is 1. The van der Waals surface area contributed by atoms with E-state index in [1.807, 2.05) is 32.0 Å². The topological polar surface area (TPSA) is 97.1 Å². The fourth-order valence-corrected chi connectivity index (χ4v) is 2.20. The van der Waals surface area contributed by atoms with Gasteiger partial charge in [0.15, 0.2) is 5.69 Å². The molecule has 1 amide bonds. The number of amides is 1. The van der Waals surface area contributed by atoms with Crippen molar-refractivity contribution in [2.75, 3.05) is 0 Å². The summed E-state index contributed by atoms with van der Waals surface area (Å²) in [7, 11) is 0. The second-order valence-corrected chi connectivity index (χ2v) is 6.02. The molecule has 0 aliphatic carbocycles. The first kappa shape index (κ1) is 16.7. The van der Waals surface area contributed by atoms with Crippen molar-refractivity contribution in [1.29, 1.82) is 0 Å². The molecule has 2 N–H and O–H groups in total. The number of rotatable bonds is 7. The number of carboxylic acids is 1. The normalized spacial score (nSPS) is 11.2. The van der Waals surface area contributed by atoms with Gasteiger partial charge in [-0.15, -0.1) is 5.10 Å². The molecule has 0 unspecified atom stereocenters. The molecule has 23 heavy (non-hydrogen) atoms. The third-order valence-corrected chi connectivity index (χ3v) is 3.42. The molecule has 2 rings (SSSR count). The number of hydrogen-bond acceptors (Lipinski definition) is 4. The van der Waals surface area contributed by atoms with Gasteiger partial charge in [-0.2, -0.15) is 0 Å². The smallest absolute Gasteiger partial charge is 0.358 e. The van der Waals surface area contributed by atoms with Crippen LogP contribution in [0.4, 0.5) is 0 Å². The summed E-state index contributed by atoms with van der Waals surface area (Å²) in [6.45, 7) is 3.85. The Labute approximate surface area is 134 Å². The van der Waals surface area contributed by atoms with Crippen LogP contribution in [0, 0.1) is 0 Å². The average Bonchev–Trinajstić information content (AvgIpc) is 2.94. The van der Waals surface area contributed by atoms with Crippen molar-refractivity contribution in [2.24, 2.45) is 0 Å². The molecule has 0 radical (unpaired) electrons. The van der Waals surface area contributed by atoms with Gasteiger partial charge in [0.05, 0.1) is 6.20 Å². The van der Waals surface area contributed by atoms with Crippen LogP contribution >= 0.6 is 0 Å². The minimum atomic E-state index is -1.17. The van der Waals surface area contributed by atoms with Crippen molar-refractivity contribution < 1.29 is 14.7 Å². The fraction of sp³-hybridized carbons (Fsp3) is 0.375. The molecule has 1 heterocycles. The van der Waals surface area contributed by atoms with E-state index >= 15 is 0 Å².